The van der Waals surface area contributed by atoms with Crippen LogP contribution in [0.5, 0.6) is 0 Å². The molecule has 0 spiro atoms. The van der Waals surface area contributed by atoms with Gasteiger partial charge in [0, 0.05) is 25.8 Å². The number of rotatable bonds is 47. The molecule has 2 N–H and O–H groups in total. The molecule has 0 aromatic heterocycles. The van der Waals surface area contributed by atoms with Gasteiger partial charge in [-0.3, -0.25) is 32.7 Å². The monoisotopic (exact) mass is 945 g/mol. The molecule has 0 aromatic carbocycles. The Kier molecular flexibility index (Phi) is 41.5. The van der Waals surface area contributed by atoms with E-state index in [0.717, 1.165) is 70.6 Å². The number of hydrogen-bond acceptors (Lipinski definition) is 11. The fourth-order valence-corrected chi connectivity index (χ4v) is 8.43. The van der Waals surface area contributed by atoms with Gasteiger partial charge in [-0.05, 0) is 46.5 Å². The van der Waals surface area contributed by atoms with Crippen molar-refractivity contribution in [2.75, 3.05) is 39.6 Å². The van der Waals surface area contributed by atoms with Gasteiger partial charge in [0.25, 0.3) is 0 Å². The van der Waals surface area contributed by atoms with E-state index in [2.05, 4.69) is 38.0 Å². The van der Waals surface area contributed by atoms with Gasteiger partial charge in [-0.25, -0.2) is 4.57 Å². The quantitative estimate of drug-likeness (QED) is 0.0196. The Labute approximate surface area is 396 Å². The molecule has 0 bridgehead atoms. The van der Waals surface area contributed by atoms with Crippen LogP contribution < -0.4 is 10.6 Å². The van der Waals surface area contributed by atoms with Crippen LogP contribution in [0.15, 0.2) is 12.7 Å². The third-order valence-corrected chi connectivity index (χ3v) is 12.3. The molecule has 0 rings (SSSR count). The third-order valence-electron chi connectivity index (χ3n) is 10.9. The second-order valence-corrected chi connectivity index (χ2v) is 20.2. The fourth-order valence-electron chi connectivity index (χ4n) is 7.24. The van der Waals surface area contributed by atoms with Gasteiger partial charge in [0.1, 0.15) is 18.1 Å². The smallest absolute Gasteiger partial charge is 0.462 e. The van der Waals surface area contributed by atoms with E-state index in [1.54, 1.807) is 20.8 Å². The van der Waals surface area contributed by atoms with Crippen molar-refractivity contribution in [3.8, 4) is 0 Å². The maximum atomic E-state index is 13.7. The second-order valence-electron chi connectivity index (χ2n) is 18.6. The fraction of sp³-hybridized carbons (Fsp3) is 0.882. The van der Waals surface area contributed by atoms with Crippen LogP contribution in [0.25, 0.3) is 0 Å². The van der Waals surface area contributed by atoms with E-state index in [4.69, 9.17) is 27.8 Å². The van der Waals surface area contributed by atoms with E-state index in [1.165, 1.54) is 102 Å². The summed E-state index contributed by atoms with van der Waals surface area (Å²) in [5.74, 6) is -1.56. The number of carbonyl (C=O) groups excluding carboxylic acids is 4. The molecule has 13 nitrogen and oxygen atoms in total. The van der Waals surface area contributed by atoms with E-state index >= 15 is 0 Å². The molecule has 0 saturated heterocycles. The lowest BCUT2D eigenvalue weighted by Crippen LogP contribution is -2.41. The number of esters is 2. The van der Waals surface area contributed by atoms with Crippen LogP contribution in [0.3, 0.4) is 0 Å². The number of nitrogens with one attached hydrogen (secondary N) is 2. The molecule has 2 amide bonds. The average Bonchev–Trinajstić information content (AvgIpc) is 3.25. The molecule has 14 heteroatoms. The lowest BCUT2D eigenvalue weighted by molar-refractivity contribution is -0.156. The Bertz CT molecular complexity index is 1240. The summed E-state index contributed by atoms with van der Waals surface area (Å²) in [5.41, 5.74) is -0.723. The van der Waals surface area contributed by atoms with Gasteiger partial charge in [-0.2, -0.15) is 0 Å². The maximum absolute atomic E-state index is 13.7. The average molecular weight is 945 g/mol. The summed E-state index contributed by atoms with van der Waals surface area (Å²) in [6, 6.07) is -0.685. The molecule has 0 aliphatic carbocycles. The highest BCUT2D eigenvalue weighted by molar-refractivity contribution is 7.48. The minimum absolute atomic E-state index is 0.0573. The predicted octanol–water partition coefficient (Wildman–Crippen LogP) is 13.0. The number of phosphoric acid groups is 1. The van der Waals surface area contributed by atoms with Crippen molar-refractivity contribution in [2.24, 2.45) is 0 Å². The predicted molar refractivity (Wildman–Crippen MR) is 263 cm³/mol. The summed E-state index contributed by atoms with van der Waals surface area (Å²) in [6.45, 7) is 15.1. The molecule has 0 fully saturated rings. The molecule has 0 heterocycles. The zero-order valence-corrected chi connectivity index (χ0v) is 43.2. The first kappa shape index (κ1) is 62.7. The minimum Gasteiger partial charge on any atom is -0.462 e. The van der Waals surface area contributed by atoms with Crippen molar-refractivity contribution >= 4 is 31.6 Å². The SMILES string of the molecule is C=CCOP(=O)(OCCNC(=O)CC(=O)OC(C)(C)C)OC[C@@H](COCC[C@@H](CCCCCCC)OC(=O)CCCCCCCCCCC)NC(=O)CCCCCCCCCCCCC. The van der Waals surface area contributed by atoms with Crippen molar-refractivity contribution in [2.45, 2.75) is 252 Å². The molecule has 0 aliphatic rings. The maximum Gasteiger partial charge on any atom is 0.475 e. The van der Waals surface area contributed by atoms with Crippen LogP contribution >= 0.6 is 7.82 Å². The van der Waals surface area contributed by atoms with Crippen molar-refractivity contribution in [3.63, 3.8) is 0 Å². The lowest BCUT2D eigenvalue weighted by Gasteiger charge is -2.23. The van der Waals surface area contributed by atoms with Crippen molar-refractivity contribution in [1.29, 1.82) is 0 Å². The Morgan fingerprint density at radius 3 is 1.62 bits per heavy atom. The number of ether oxygens (including phenoxy) is 3. The Hall–Kier alpha value is -2.31. The number of carbonyl (C=O) groups is 4. The first-order valence-electron chi connectivity index (χ1n) is 26.0. The molecule has 0 aromatic rings. The summed E-state index contributed by atoms with van der Waals surface area (Å²) in [4.78, 5) is 50.4. The van der Waals surface area contributed by atoms with Gasteiger partial charge >= 0.3 is 19.8 Å². The van der Waals surface area contributed by atoms with Gasteiger partial charge in [0.2, 0.25) is 11.8 Å². The number of hydrogen-bond donors (Lipinski definition) is 2. The van der Waals surface area contributed by atoms with E-state index in [-0.39, 0.29) is 51.0 Å². The summed E-state index contributed by atoms with van der Waals surface area (Å²) in [5, 5.41) is 5.54. The first-order valence-corrected chi connectivity index (χ1v) is 27.4. The van der Waals surface area contributed by atoms with Crippen LogP contribution in [0.4, 0.5) is 0 Å². The van der Waals surface area contributed by atoms with Gasteiger partial charge in [0.15, 0.2) is 0 Å². The lowest BCUT2D eigenvalue weighted by atomic mass is 10.1. The highest BCUT2D eigenvalue weighted by atomic mass is 31.2. The third kappa shape index (κ3) is 42.8. The van der Waals surface area contributed by atoms with E-state index in [9.17, 15) is 23.7 Å². The molecule has 3 atom stereocenters. The van der Waals surface area contributed by atoms with Crippen molar-refractivity contribution in [1.82, 2.24) is 10.6 Å². The van der Waals surface area contributed by atoms with Crippen molar-refractivity contribution < 1.29 is 51.5 Å². The van der Waals surface area contributed by atoms with E-state index in [1.807, 2.05) is 0 Å². The number of unbranched alkanes of at least 4 members (excludes halogenated alkanes) is 22. The Balaban J connectivity index is 5.39. The number of amides is 2. The molecule has 382 valence electrons. The normalized spacial score (nSPS) is 13.4. The summed E-state index contributed by atoms with van der Waals surface area (Å²) in [7, 11) is -4.19. The highest BCUT2D eigenvalue weighted by Crippen LogP contribution is 2.49. The molecular weight excluding hydrogens is 848 g/mol. The minimum atomic E-state index is -4.19. The Morgan fingerprint density at radius 1 is 0.585 bits per heavy atom. The van der Waals surface area contributed by atoms with Gasteiger partial charge in [0.05, 0.1) is 39.1 Å². The first-order chi connectivity index (χ1) is 31.3. The highest BCUT2D eigenvalue weighted by Gasteiger charge is 2.29. The van der Waals surface area contributed by atoms with Gasteiger partial charge in [-0.15, -0.1) is 6.58 Å². The molecule has 1 unspecified atom stereocenters. The van der Waals surface area contributed by atoms with Crippen LogP contribution in [0, 0.1) is 0 Å². The number of phosphoric ester groups is 1. The zero-order chi connectivity index (χ0) is 48.3. The van der Waals surface area contributed by atoms with Gasteiger partial charge < -0.3 is 24.8 Å². The topological polar surface area (TPSA) is 165 Å². The Morgan fingerprint density at radius 2 is 1.09 bits per heavy atom. The largest absolute Gasteiger partial charge is 0.475 e. The summed E-state index contributed by atoms with van der Waals surface area (Å²) in [6.07, 6.45) is 31.9. The van der Waals surface area contributed by atoms with Gasteiger partial charge in [-0.1, -0.05) is 168 Å². The van der Waals surface area contributed by atoms with Crippen molar-refractivity contribution in [3.05, 3.63) is 12.7 Å². The van der Waals surface area contributed by atoms with E-state index in [0.29, 0.717) is 25.9 Å². The summed E-state index contributed by atoms with van der Waals surface area (Å²) < 4.78 is 47.7. The van der Waals surface area contributed by atoms with Crippen LogP contribution in [-0.2, 0) is 51.5 Å². The molecule has 65 heavy (non-hydrogen) atoms. The second kappa shape index (κ2) is 43.0. The van der Waals surface area contributed by atoms with E-state index < -0.39 is 37.8 Å². The molecular formula is C51H97N2O11P. The summed E-state index contributed by atoms with van der Waals surface area (Å²) >= 11 is 0. The molecule has 0 radical (unpaired) electrons. The molecule has 0 aliphatic heterocycles. The molecule has 0 saturated carbocycles. The van der Waals surface area contributed by atoms with Crippen LogP contribution in [0.2, 0.25) is 0 Å². The standard InChI is InChI=1S/C51H97N2O11P/c1-8-12-15-18-20-22-23-25-26-29-32-35-47(54)53-45(44-62-65(58,60-39-11-4)61-41-38-52-48(55)42-50(57)64-51(5,6)7)43-59-40-37-46(34-31-28-17-14-10-3)63-49(56)36-33-30-27-24-21-19-16-13-9-2/h11,45-46H,4,8-10,12-44H2,1-3,5-7H3,(H,52,55)(H,53,54)/t45-,46-,65?/m1/s1. The van der Waals surface area contributed by atoms with Crippen LogP contribution in [-0.4, -0.2) is 81.1 Å². The zero-order valence-electron chi connectivity index (χ0n) is 42.3. The van der Waals surface area contributed by atoms with Crippen LogP contribution in [0.1, 0.15) is 234 Å².